The maximum absolute atomic E-state index is 12.8. The number of phenolic OH excluding ortho intramolecular Hbond substituents is 2. The molecule has 0 aliphatic heterocycles. The topological polar surface area (TPSA) is 93.1 Å². The molecule has 0 saturated heterocycles. The summed E-state index contributed by atoms with van der Waals surface area (Å²) in [5, 5.41) is 19.6. The predicted molar refractivity (Wildman–Crippen MR) is 124 cm³/mol. The summed E-state index contributed by atoms with van der Waals surface area (Å²) in [7, 11) is 0. The summed E-state index contributed by atoms with van der Waals surface area (Å²) >= 11 is 6.50. The van der Waals surface area contributed by atoms with E-state index in [0.717, 1.165) is 11.1 Å². The molecule has 0 amide bonds. The van der Waals surface area contributed by atoms with Crippen molar-refractivity contribution in [1.29, 1.82) is 0 Å². The molecule has 0 saturated carbocycles. The number of hydrogen-bond acceptors (Lipinski definition) is 6. The number of halogens is 2. The van der Waals surface area contributed by atoms with Gasteiger partial charge in [-0.3, -0.25) is 0 Å². The first-order chi connectivity index (χ1) is 15.3. The standard InChI is InChI=1S/C24H18Br2O6/c25-17-5-15(7-19(27)11-17)23(29)31-21-9-13-3-1-2-4-14(13)10-22(21)32-24(30)16-6-18(26)12-20(28)8-16/h1-8,11-12,21-22,27-28H,9-10H2. The number of aromatic hydroxyl groups is 2. The highest BCUT2D eigenvalue weighted by atomic mass is 79.9. The van der Waals surface area contributed by atoms with Gasteiger partial charge in [-0.1, -0.05) is 56.1 Å². The summed E-state index contributed by atoms with van der Waals surface area (Å²) in [5.74, 6) is -1.41. The lowest BCUT2D eigenvalue weighted by Gasteiger charge is -2.32. The van der Waals surface area contributed by atoms with Gasteiger partial charge in [-0.25, -0.2) is 9.59 Å². The van der Waals surface area contributed by atoms with E-state index in [1.54, 1.807) is 12.1 Å². The van der Waals surface area contributed by atoms with Gasteiger partial charge < -0.3 is 19.7 Å². The minimum absolute atomic E-state index is 0.0715. The molecule has 1 aliphatic carbocycles. The fourth-order valence-electron chi connectivity index (χ4n) is 3.68. The van der Waals surface area contributed by atoms with Crippen LogP contribution in [0.2, 0.25) is 0 Å². The van der Waals surface area contributed by atoms with Crippen molar-refractivity contribution in [1.82, 2.24) is 0 Å². The normalized spacial score (nSPS) is 17.3. The lowest BCUT2D eigenvalue weighted by atomic mass is 9.87. The lowest BCUT2D eigenvalue weighted by molar-refractivity contribution is -0.0389. The number of carbonyl (C=O) groups excluding carboxylic acids is 2. The number of esters is 2. The molecule has 4 rings (SSSR count). The van der Waals surface area contributed by atoms with E-state index in [4.69, 9.17) is 9.47 Å². The highest BCUT2D eigenvalue weighted by Gasteiger charge is 2.35. The van der Waals surface area contributed by atoms with Crippen LogP contribution in [0.5, 0.6) is 11.5 Å². The van der Waals surface area contributed by atoms with Gasteiger partial charge in [0.1, 0.15) is 23.7 Å². The number of fused-ring (bicyclic) bond motifs is 1. The average molecular weight is 562 g/mol. The van der Waals surface area contributed by atoms with Crippen LogP contribution in [0.4, 0.5) is 0 Å². The van der Waals surface area contributed by atoms with Crippen molar-refractivity contribution >= 4 is 43.8 Å². The number of carbonyl (C=O) groups is 2. The van der Waals surface area contributed by atoms with Crippen molar-refractivity contribution < 1.29 is 29.3 Å². The molecule has 0 fully saturated rings. The van der Waals surface area contributed by atoms with Gasteiger partial charge in [0, 0.05) is 21.8 Å². The molecule has 0 radical (unpaired) electrons. The second kappa shape index (κ2) is 9.34. The molecule has 2 atom stereocenters. The predicted octanol–water partition coefficient (Wildman–Crippen LogP) is 5.17. The fraction of sp³-hybridized carbons (Fsp3) is 0.167. The Balaban J connectivity index is 1.59. The quantitative estimate of drug-likeness (QED) is 0.427. The van der Waals surface area contributed by atoms with Gasteiger partial charge in [0.15, 0.2) is 0 Å². The molecule has 6 nitrogen and oxygen atoms in total. The molecular weight excluding hydrogens is 544 g/mol. The first-order valence-electron chi connectivity index (χ1n) is 9.76. The molecule has 3 aromatic carbocycles. The maximum Gasteiger partial charge on any atom is 0.338 e. The molecule has 164 valence electrons. The van der Waals surface area contributed by atoms with E-state index in [1.807, 2.05) is 24.3 Å². The van der Waals surface area contributed by atoms with Crippen LogP contribution in [0.1, 0.15) is 31.8 Å². The van der Waals surface area contributed by atoms with Crippen molar-refractivity contribution in [3.63, 3.8) is 0 Å². The van der Waals surface area contributed by atoms with E-state index < -0.39 is 24.1 Å². The van der Waals surface area contributed by atoms with Gasteiger partial charge in [0.05, 0.1) is 11.1 Å². The third-order valence-electron chi connectivity index (χ3n) is 5.13. The van der Waals surface area contributed by atoms with Crippen LogP contribution in [-0.2, 0) is 22.3 Å². The molecule has 3 aromatic rings. The number of hydrogen-bond donors (Lipinski definition) is 2. The van der Waals surface area contributed by atoms with E-state index in [1.165, 1.54) is 24.3 Å². The number of phenols is 2. The zero-order valence-electron chi connectivity index (χ0n) is 16.6. The summed E-state index contributed by atoms with van der Waals surface area (Å²) < 4.78 is 12.5. The molecule has 0 bridgehead atoms. The Morgan fingerprint density at radius 3 is 1.50 bits per heavy atom. The lowest BCUT2D eigenvalue weighted by Crippen LogP contribution is -2.41. The third-order valence-corrected chi connectivity index (χ3v) is 6.04. The Morgan fingerprint density at radius 2 is 1.12 bits per heavy atom. The van der Waals surface area contributed by atoms with E-state index in [0.29, 0.717) is 21.8 Å². The Morgan fingerprint density at radius 1 is 0.719 bits per heavy atom. The summed E-state index contributed by atoms with van der Waals surface area (Å²) in [6, 6.07) is 16.4. The van der Waals surface area contributed by atoms with E-state index in [-0.39, 0.29) is 22.6 Å². The van der Waals surface area contributed by atoms with Crippen LogP contribution in [0.3, 0.4) is 0 Å². The van der Waals surface area contributed by atoms with E-state index in [9.17, 15) is 19.8 Å². The van der Waals surface area contributed by atoms with Gasteiger partial charge >= 0.3 is 11.9 Å². The Bertz CT molecular complexity index is 1060. The molecule has 2 N–H and O–H groups in total. The van der Waals surface area contributed by atoms with Crippen LogP contribution >= 0.6 is 31.9 Å². The maximum atomic E-state index is 12.8. The molecule has 0 aromatic heterocycles. The van der Waals surface area contributed by atoms with Crippen molar-refractivity contribution in [2.24, 2.45) is 0 Å². The Hall–Kier alpha value is -2.84. The minimum atomic E-state index is -0.719. The van der Waals surface area contributed by atoms with Crippen molar-refractivity contribution in [3.8, 4) is 11.5 Å². The smallest absolute Gasteiger partial charge is 0.338 e. The molecule has 2 unspecified atom stereocenters. The molecule has 0 heterocycles. The summed E-state index contributed by atoms with van der Waals surface area (Å²) in [5.41, 5.74) is 2.38. The number of rotatable bonds is 4. The first-order valence-corrected chi connectivity index (χ1v) is 11.3. The van der Waals surface area contributed by atoms with Crippen molar-refractivity contribution in [2.45, 2.75) is 25.0 Å². The van der Waals surface area contributed by atoms with Crippen LogP contribution < -0.4 is 0 Å². The van der Waals surface area contributed by atoms with Gasteiger partial charge in [-0.15, -0.1) is 0 Å². The van der Waals surface area contributed by atoms with Gasteiger partial charge in [-0.05, 0) is 47.5 Å². The molecular formula is C24H18Br2O6. The second-order valence-corrected chi connectivity index (χ2v) is 9.29. The molecule has 1 aliphatic rings. The largest absolute Gasteiger partial charge is 0.508 e. The van der Waals surface area contributed by atoms with Crippen LogP contribution in [0, 0.1) is 0 Å². The zero-order chi connectivity index (χ0) is 22.8. The zero-order valence-corrected chi connectivity index (χ0v) is 19.8. The number of ether oxygens (including phenoxy) is 2. The van der Waals surface area contributed by atoms with Crippen molar-refractivity contribution in [3.05, 3.63) is 91.9 Å². The van der Waals surface area contributed by atoms with E-state index in [2.05, 4.69) is 31.9 Å². The highest BCUT2D eigenvalue weighted by Crippen LogP contribution is 2.29. The minimum Gasteiger partial charge on any atom is -0.508 e. The van der Waals surface area contributed by atoms with Crippen molar-refractivity contribution in [2.75, 3.05) is 0 Å². The summed E-state index contributed by atoms with van der Waals surface area (Å²) in [6.45, 7) is 0. The summed E-state index contributed by atoms with van der Waals surface area (Å²) in [4.78, 5) is 25.6. The monoisotopic (exact) mass is 560 g/mol. The summed E-state index contributed by atoms with van der Waals surface area (Å²) in [6.07, 6.45) is -0.681. The van der Waals surface area contributed by atoms with Crippen LogP contribution in [-0.4, -0.2) is 34.4 Å². The Labute approximate surface area is 201 Å². The van der Waals surface area contributed by atoms with Crippen LogP contribution in [0.25, 0.3) is 0 Å². The Kier molecular flexibility index (Phi) is 6.53. The van der Waals surface area contributed by atoms with Gasteiger partial charge in [-0.2, -0.15) is 0 Å². The number of benzene rings is 3. The van der Waals surface area contributed by atoms with Crippen LogP contribution in [0.15, 0.2) is 69.6 Å². The molecule has 32 heavy (non-hydrogen) atoms. The SMILES string of the molecule is O=C(OC1Cc2ccccc2CC1OC(=O)c1cc(O)cc(Br)c1)c1cc(O)cc(Br)c1. The third kappa shape index (κ3) is 5.14. The molecule has 8 heteroatoms. The molecule has 0 spiro atoms. The average Bonchev–Trinajstić information content (AvgIpc) is 2.72. The van der Waals surface area contributed by atoms with Gasteiger partial charge in [0.25, 0.3) is 0 Å². The van der Waals surface area contributed by atoms with E-state index >= 15 is 0 Å². The fourth-order valence-corrected chi connectivity index (χ4v) is 4.64. The highest BCUT2D eigenvalue weighted by molar-refractivity contribution is 9.10. The second-order valence-electron chi connectivity index (χ2n) is 7.46. The first kappa shape index (κ1) is 22.4. The van der Waals surface area contributed by atoms with Gasteiger partial charge in [0.2, 0.25) is 0 Å².